The fraction of sp³-hybridized carbons (Fsp3) is 0.273. The molecule has 0 unspecified atom stereocenters. The third-order valence-electron chi connectivity index (χ3n) is 2.20. The monoisotopic (exact) mass is 289 g/mol. The number of fused-ring (bicyclic) bond motifs is 1. The average molecular weight is 291 g/mol. The number of hydrogen-bond donors (Lipinski definition) is 1. The van der Waals surface area contributed by atoms with E-state index < -0.39 is 0 Å². The molecule has 6 heteroatoms. The molecule has 1 aromatic carbocycles. The fourth-order valence-corrected chi connectivity index (χ4v) is 2.02. The number of halogens is 3. The number of hydrogen-bond acceptors (Lipinski definition) is 3. The topological polar surface area (TPSA) is 37.8 Å². The lowest BCUT2D eigenvalue weighted by Gasteiger charge is -2.12. The van der Waals surface area contributed by atoms with Crippen molar-refractivity contribution in [2.75, 3.05) is 5.32 Å². The molecule has 17 heavy (non-hydrogen) atoms. The smallest absolute Gasteiger partial charge is 0.159 e. The standard InChI is InChI=1S/C11H10Cl3N3/c1-5(2)15-11-7-4-9(13)8(12)3-6(7)10(14)16-17-11/h3-5H,1-2H3,(H,15,17). The van der Waals surface area contributed by atoms with E-state index in [9.17, 15) is 0 Å². The minimum Gasteiger partial charge on any atom is -0.366 e. The largest absolute Gasteiger partial charge is 0.366 e. The molecule has 0 aliphatic heterocycles. The highest BCUT2D eigenvalue weighted by Crippen LogP contribution is 2.33. The SMILES string of the molecule is CC(C)Nc1nnc(Cl)c2cc(Cl)c(Cl)cc12. The van der Waals surface area contributed by atoms with Crippen LogP contribution in [-0.4, -0.2) is 16.2 Å². The van der Waals surface area contributed by atoms with Crippen LogP contribution in [0.4, 0.5) is 5.82 Å². The molecule has 0 fully saturated rings. The molecular formula is C11H10Cl3N3. The van der Waals surface area contributed by atoms with Gasteiger partial charge in [-0.25, -0.2) is 0 Å². The summed E-state index contributed by atoms with van der Waals surface area (Å²) in [5, 5.41) is 13.9. The van der Waals surface area contributed by atoms with Crippen LogP contribution < -0.4 is 5.32 Å². The molecule has 0 radical (unpaired) electrons. The Morgan fingerprint density at radius 1 is 1.00 bits per heavy atom. The molecule has 0 spiro atoms. The van der Waals surface area contributed by atoms with Gasteiger partial charge < -0.3 is 5.32 Å². The van der Waals surface area contributed by atoms with Gasteiger partial charge in [-0.1, -0.05) is 34.8 Å². The summed E-state index contributed by atoms with van der Waals surface area (Å²) < 4.78 is 0. The first-order valence-corrected chi connectivity index (χ1v) is 6.20. The van der Waals surface area contributed by atoms with Gasteiger partial charge in [0.25, 0.3) is 0 Å². The normalized spacial score (nSPS) is 11.2. The summed E-state index contributed by atoms with van der Waals surface area (Å²) in [4.78, 5) is 0. The van der Waals surface area contributed by atoms with Gasteiger partial charge in [0.2, 0.25) is 0 Å². The number of aromatic nitrogens is 2. The maximum absolute atomic E-state index is 6.00. The maximum Gasteiger partial charge on any atom is 0.159 e. The van der Waals surface area contributed by atoms with E-state index in [1.165, 1.54) is 0 Å². The van der Waals surface area contributed by atoms with E-state index >= 15 is 0 Å². The lowest BCUT2D eigenvalue weighted by molar-refractivity contribution is 0.879. The first-order valence-electron chi connectivity index (χ1n) is 5.06. The quantitative estimate of drug-likeness (QED) is 0.890. The van der Waals surface area contributed by atoms with Crippen molar-refractivity contribution in [2.45, 2.75) is 19.9 Å². The molecule has 0 atom stereocenters. The van der Waals surface area contributed by atoms with Crippen molar-refractivity contribution in [3.05, 3.63) is 27.3 Å². The van der Waals surface area contributed by atoms with Crippen molar-refractivity contribution in [3.63, 3.8) is 0 Å². The van der Waals surface area contributed by atoms with Crippen molar-refractivity contribution >= 4 is 51.4 Å². The van der Waals surface area contributed by atoms with Gasteiger partial charge >= 0.3 is 0 Å². The third-order valence-corrected chi connectivity index (χ3v) is 3.20. The van der Waals surface area contributed by atoms with Gasteiger partial charge in [-0.15, -0.1) is 10.2 Å². The van der Waals surface area contributed by atoms with Crippen LogP contribution in [0, 0.1) is 0 Å². The Hall–Kier alpha value is -0.770. The summed E-state index contributed by atoms with van der Waals surface area (Å²) in [5.41, 5.74) is 0. The van der Waals surface area contributed by atoms with Crippen LogP contribution in [0.15, 0.2) is 12.1 Å². The third kappa shape index (κ3) is 2.57. The summed E-state index contributed by atoms with van der Waals surface area (Å²) in [7, 11) is 0. The summed E-state index contributed by atoms with van der Waals surface area (Å²) in [5.74, 6) is 0.651. The second-order valence-electron chi connectivity index (χ2n) is 3.95. The van der Waals surface area contributed by atoms with Crippen molar-refractivity contribution in [2.24, 2.45) is 0 Å². The van der Waals surface area contributed by atoms with Gasteiger partial charge in [0.15, 0.2) is 11.0 Å². The second-order valence-corrected chi connectivity index (χ2v) is 5.12. The predicted molar refractivity (Wildman–Crippen MR) is 73.3 cm³/mol. The van der Waals surface area contributed by atoms with Crippen LogP contribution in [0.3, 0.4) is 0 Å². The first kappa shape index (κ1) is 12.7. The minimum atomic E-state index is 0.239. The molecule has 3 nitrogen and oxygen atoms in total. The van der Waals surface area contributed by atoms with E-state index in [0.717, 1.165) is 10.8 Å². The molecule has 0 saturated heterocycles. The van der Waals surface area contributed by atoms with Gasteiger partial charge in [0, 0.05) is 16.8 Å². The summed E-state index contributed by atoms with van der Waals surface area (Å²) in [6.07, 6.45) is 0. The average Bonchev–Trinajstić information content (AvgIpc) is 2.25. The van der Waals surface area contributed by atoms with Crippen molar-refractivity contribution in [1.29, 1.82) is 0 Å². The van der Waals surface area contributed by atoms with E-state index in [2.05, 4.69) is 15.5 Å². The van der Waals surface area contributed by atoms with Crippen molar-refractivity contribution < 1.29 is 0 Å². The lowest BCUT2D eigenvalue weighted by Crippen LogP contribution is -2.12. The zero-order valence-electron chi connectivity index (χ0n) is 9.26. The zero-order chi connectivity index (χ0) is 12.6. The van der Waals surface area contributed by atoms with Crippen LogP contribution in [0.1, 0.15) is 13.8 Å². The molecule has 0 bridgehead atoms. The Balaban J connectivity index is 2.70. The molecule has 0 aliphatic carbocycles. The van der Waals surface area contributed by atoms with Gasteiger partial charge in [-0.3, -0.25) is 0 Å². The lowest BCUT2D eigenvalue weighted by atomic mass is 10.2. The highest BCUT2D eigenvalue weighted by Gasteiger charge is 2.11. The highest BCUT2D eigenvalue weighted by molar-refractivity contribution is 6.43. The van der Waals surface area contributed by atoms with E-state index in [4.69, 9.17) is 34.8 Å². The summed E-state index contributed by atoms with van der Waals surface area (Å²) >= 11 is 17.9. The molecule has 1 aromatic heterocycles. The molecule has 0 aliphatic rings. The van der Waals surface area contributed by atoms with Gasteiger partial charge in [-0.05, 0) is 26.0 Å². The van der Waals surface area contributed by atoms with Crippen LogP contribution in [0.2, 0.25) is 15.2 Å². The Bertz CT molecular complexity index is 569. The first-order chi connectivity index (χ1) is 7.99. The van der Waals surface area contributed by atoms with E-state index in [1.807, 2.05) is 13.8 Å². The molecule has 90 valence electrons. The number of benzene rings is 1. The summed E-state index contributed by atoms with van der Waals surface area (Å²) in [6.45, 7) is 4.03. The van der Waals surface area contributed by atoms with Crippen molar-refractivity contribution in [1.82, 2.24) is 10.2 Å². The van der Waals surface area contributed by atoms with E-state index in [-0.39, 0.29) is 6.04 Å². The zero-order valence-corrected chi connectivity index (χ0v) is 11.5. The van der Waals surface area contributed by atoms with Crippen LogP contribution in [0.25, 0.3) is 10.8 Å². The van der Waals surface area contributed by atoms with Crippen LogP contribution in [0.5, 0.6) is 0 Å². The van der Waals surface area contributed by atoms with Gasteiger partial charge in [-0.2, -0.15) is 0 Å². The van der Waals surface area contributed by atoms with Gasteiger partial charge in [0.05, 0.1) is 10.0 Å². The maximum atomic E-state index is 6.00. The Labute approximate surface area is 114 Å². The number of anilines is 1. The molecule has 2 aromatic rings. The number of nitrogens with zero attached hydrogens (tertiary/aromatic N) is 2. The summed E-state index contributed by atoms with van der Waals surface area (Å²) in [6, 6.07) is 3.68. The molecule has 1 heterocycles. The van der Waals surface area contributed by atoms with Gasteiger partial charge in [0.1, 0.15) is 0 Å². The number of nitrogens with one attached hydrogen (secondary N) is 1. The highest BCUT2D eigenvalue weighted by atomic mass is 35.5. The fourth-order valence-electron chi connectivity index (χ4n) is 1.50. The Kier molecular flexibility index (Phi) is 3.61. The van der Waals surface area contributed by atoms with Crippen molar-refractivity contribution in [3.8, 4) is 0 Å². The predicted octanol–water partition coefficient (Wildman–Crippen LogP) is 4.41. The van der Waals surface area contributed by atoms with E-state index in [0.29, 0.717) is 21.0 Å². The minimum absolute atomic E-state index is 0.239. The molecule has 2 rings (SSSR count). The molecular weight excluding hydrogens is 281 g/mol. The van der Waals surface area contributed by atoms with Crippen LogP contribution in [-0.2, 0) is 0 Å². The molecule has 0 amide bonds. The molecule has 0 saturated carbocycles. The Morgan fingerprint density at radius 3 is 2.18 bits per heavy atom. The van der Waals surface area contributed by atoms with E-state index in [1.54, 1.807) is 12.1 Å². The number of rotatable bonds is 2. The second kappa shape index (κ2) is 4.84. The molecule has 1 N–H and O–H groups in total. The Morgan fingerprint density at radius 2 is 1.59 bits per heavy atom. The van der Waals surface area contributed by atoms with Crippen LogP contribution >= 0.6 is 34.8 Å².